The molecule has 9 nitrogen and oxygen atoms in total. The van der Waals surface area contributed by atoms with Gasteiger partial charge in [0.2, 0.25) is 10.0 Å². The fourth-order valence-electron chi connectivity index (χ4n) is 9.11. The van der Waals surface area contributed by atoms with Crippen LogP contribution in [0.2, 0.25) is 5.02 Å². The molecule has 2 aromatic carbocycles. The van der Waals surface area contributed by atoms with E-state index in [1.807, 2.05) is 25.1 Å². The topological polar surface area (TPSA) is 114 Å². The molecule has 5 aliphatic rings. The molecule has 3 aliphatic heterocycles. The largest absolute Gasteiger partial charge is 0.490 e. The number of carbonyl (C=O) groups is 2. The van der Waals surface area contributed by atoms with Crippen molar-refractivity contribution in [2.24, 2.45) is 29.6 Å². The van der Waals surface area contributed by atoms with Crippen molar-refractivity contribution >= 4 is 39.5 Å². The third kappa shape index (κ3) is 7.96. The first-order chi connectivity index (χ1) is 24.8. The third-order valence-corrected chi connectivity index (χ3v) is 14.6. The first-order valence-electron chi connectivity index (χ1n) is 19.1. The number of fused-ring (bicyclic) bond motifs is 4. The van der Waals surface area contributed by atoms with Gasteiger partial charge < -0.3 is 19.7 Å². The van der Waals surface area contributed by atoms with Gasteiger partial charge >= 0.3 is 0 Å². The lowest BCUT2D eigenvalue weighted by Crippen LogP contribution is -2.53. The van der Waals surface area contributed by atoms with E-state index in [2.05, 4.69) is 40.9 Å². The summed E-state index contributed by atoms with van der Waals surface area (Å²) in [5, 5.41) is 3.26. The number of amides is 1. The maximum absolute atomic E-state index is 13.4. The van der Waals surface area contributed by atoms with Crippen molar-refractivity contribution in [3.63, 3.8) is 0 Å². The second kappa shape index (κ2) is 15.8. The Labute approximate surface area is 315 Å². The second-order valence-electron chi connectivity index (χ2n) is 16.3. The number of benzene rings is 2. The van der Waals surface area contributed by atoms with Crippen LogP contribution in [0, 0.1) is 29.6 Å². The molecular weight excluding hydrogens is 698 g/mol. The number of rotatable bonds is 2. The highest BCUT2D eigenvalue weighted by Gasteiger charge is 2.49. The molecule has 2 bridgehead atoms. The summed E-state index contributed by atoms with van der Waals surface area (Å²) in [6.45, 7) is 12.2. The van der Waals surface area contributed by atoms with E-state index in [1.54, 1.807) is 32.2 Å². The van der Waals surface area contributed by atoms with Gasteiger partial charge in [0.05, 0.1) is 17.5 Å². The maximum Gasteiger partial charge on any atom is 0.264 e. The minimum absolute atomic E-state index is 0.0434. The number of halogens is 1. The number of nitrogens with one attached hydrogen (secondary N) is 2. The van der Waals surface area contributed by atoms with Crippen molar-refractivity contribution in [1.29, 1.82) is 0 Å². The molecule has 2 aromatic rings. The summed E-state index contributed by atoms with van der Waals surface area (Å²) in [4.78, 5) is 28.4. The van der Waals surface area contributed by atoms with E-state index >= 15 is 0 Å². The highest BCUT2D eigenvalue weighted by atomic mass is 35.5. The van der Waals surface area contributed by atoms with Crippen LogP contribution < -0.4 is 19.7 Å². The number of ether oxygens (including phenoxy) is 2. The summed E-state index contributed by atoms with van der Waals surface area (Å²) >= 11 is 6.40. The zero-order valence-electron chi connectivity index (χ0n) is 31.3. The van der Waals surface area contributed by atoms with Gasteiger partial charge in [-0.2, -0.15) is 0 Å². The van der Waals surface area contributed by atoms with E-state index in [4.69, 9.17) is 21.1 Å². The zero-order chi connectivity index (χ0) is 37.3. The fraction of sp³-hybridized carbons (Fsp3) is 0.610. The van der Waals surface area contributed by atoms with Crippen molar-refractivity contribution in [1.82, 2.24) is 10.0 Å². The Hall–Kier alpha value is -2.92. The van der Waals surface area contributed by atoms with Crippen LogP contribution in [0.25, 0.3) is 0 Å². The van der Waals surface area contributed by atoms with Gasteiger partial charge in [-0.25, -0.2) is 13.1 Å². The van der Waals surface area contributed by atoms with Gasteiger partial charge in [-0.3, -0.25) is 9.59 Å². The highest BCUT2D eigenvalue weighted by molar-refractivity contribution is 7.90. The molecule has 1 saturated heterocycles. The molecule has 11 heteroatoms. The van der Waals surface area contributed by atoms with Gasteiger partial charge in [0.1, 0.15) is 11.4 Å². The lowest BCUT2D eigenvalue weighted by molar-refractivity contribution is -0.135. The molecule has 1 amide bonds. The van der Waals surface area contributed by atoms with Crippen molar-refractivity contribution in [3.8, 4) is 5.75 Å². The Balaban J connectivity index is 0.000000514. The summed E-state index contributed by atoms with van der Waals surface area (Å²) in [5.41, 5.74) is 2.05. The lowest BCUT2D eigenvalue weighted by atomic mass is 9.64. The number of allylic oxidation sites excluding steroid dienone is 1. The number of carbonyl (C=O) groups excluding carboxylic acids is 2. The van der Waals surface area contributed by atoms with Gasteiger partial charge in [-0.1, -0.05) is 44.5 Å². The van der Waals surface area contributed by atoms with Gasteiger partial charge in [0, 0.05) is 42.1 Å². The summed E-state index contributed by atoms with van der Waals surface area (Å²) in [6, 6.07) is 11.3. The van der Waals surface area contributed by atoms with Gasteiger partial charge in [-0.05, 0) is 136 Å². The van der Waals surface area contributed by atoms with Crippen LogP contribution in [0.5, 0.6) is 5.75 Å². The molecule has 2 fully saturated rings. The van der Waals surface area contributed by atoms with Crippen LogP contribution in [0.3, 0.4) is 0 Å². The fourth-order valence-corrected chi connectivity index (χ4v) is 10.6. The van der Waals surface area contributed by atoms with Crippen LogP contribution in [0.15, 0.2) is 48.6 Å². The average molecular weight is 754 g/mol. The predicted molar refractivity (Wildman–Crippen MR) is 207 cm³/mol. The Kier molecular flexibility index (Phi) is 11.8. The number of hydrogen-bond donors (Lipinski definition) is 2. The number of hydrogen-bond acceptors (Lipinski definition) is 8. The van der Waals surface area contributed by atoms with Crippen LogP contribution in [-0.2, 0) is 31.4 Å². The zero-order valence-corrected chi connectivity index (χ0v) is 32.9. The van der Waals surface area contributed by atoms with Gasteiger partial charge in [-0.15, -0.1) is 0 Å². The van der Waals surface area contributed by atoms with Gasteiger partial charge in [0.25, 0.3) is 5.91 Å². The molecule has 0 radical (unpaired) electrons. The van der Waals surface area contributed by atoms with Crippen molar-refractivity contribution in [2.75, 3.05) is 44.8 Å². The Morgan fingerprint density at radius 2 is 1.83 bits per heavy atom. The quantitative estimate of drug-likeness (QED) is 0.257. The van der Waals surface area contributed by atoms with E-state index in [0.29, 0.717) is 36.9 Å². The number of methoxy groups -OCH3 is 1. The molecule has 0 unspecified atom stereocenters. The molecule has 0 aromatic heterocycles. The number of nitrogens with zero attached hydrogens (tertiary/aromatic N) is 1. The van der Waals surface area contributed by atoms with E-state index in [-0.39, 0.29) is 28.7 Å². The summed E-state index contributed by atoms with van der Waals surface area (Å²) < 4.78 is 41.3. The molecule has 2 aliphatic carbocycles. The van der Waals surface area contributed by atoms with Crippen LogP contribution in [-0.4, -0.2) is 71.4 Å². The second-order valence-corrected chi connectivity index (χ2v) is 18.8. The minimum Gasteiger partial charge on any atom is -0.490 e. The normalized spacial score (nSPS) is 34.8. The van der Waals surface area contributed by atoms with Crippen molar-refractivity contribution < 1.29 is 27.5 Å². The Morgan fingerprint density at radius 3 is 2.48 bits per heavy atom. The smallest absolute Gasteiger partial charge is 0.264 e. The molecule has 3 heterocycles. The standard InChI is InChI=1S/C34H41ClN2O6S.C7H15N/c1-22-6-4-15-34(20-38,42-3)29-11-8-26(29)18-37-19-33(14-5-7-24-16-27(35)10-12-28(24)33)21-43-31-13-9-25(17-30(31)37)32(39)36-44(40,41)23(22)2;1-6-3-7(2)5-8-4-6/h4,9-10,12-13,15-17,20,22-23,26,29H,5-8,11,14,18-19,21H2,1-3H3,(H,36,39);6-8H,3-5H2,1-2H3/b15-4+;/t22-,23+,26-,29+,33-,34-;6-,7+/m0./s1. The number of sulfonamides is 1. The summed E-state index contributed by atoms with van der Waals surface area (Å²) in [5.74, 6) is 1.60. The molecular formula is C41H56ClN3O6S. The number of anilines is 1. The average Bonchev–Trinajstić information content (AvgIpc) is 3.25. The maximum atomic E-state index is 13.4. The van der Waals surface area contributed by atoms with E-state index in [0.717, 1.165) is 55.9 Å². The lowest BCUT2D eigenvalue weighted by Gasteiger charge is -2.48. The van der Waals surface area contributed by atoms with E-state index in [1.165, 1.54) is 30.6 Å². The minimum atomic E-state index is -3.97. The molecule has 7 rings (SSSR count). The first-order valence-corrected chi connectivity index (χ1v) is 21.0. The van der Waals surface area contributed by atoms with Crippen LogP contribution in [0.4, 0.5) is 5.69 Å². The first kappa shape index (κ1) is 38.8. The van der Waals surface area contributed by atoms with Crippen LogP contribution in [0.1, 0.15) is 87.7 Å². The van der Waals surface area contributed by atoms with Crippen LogP contribution >= 0.6 is 11.6 Å². The molecule has 1 saturated carbocycles. The number of aryl methyl sites for hydroxylation is 1. The molecule has 2 N–H and O–H groups in total. The Bertz CT molecular complexity index is 1760. The SMILES string of the molecule is CO[C@]1(C=O)/C=C/C[C@H](C)[C@@H](C)S(=O)(=O)NC(=O)c2ccc3c(c2)N(C[C@@H]2CC[C@H]21)C[C@@]1(CCCc2cc(Cl)ccc21)CO3.C[C@@H]1CNC[C@H](C)C1. The summed E-state index contributed by atoms with van der Waals surface area (Å²) in [7, 11) is -2.41. The number of aldehydes is 1. The number of piperidine rings is 1. The van der Waals surface area contributed by atoms with E-state index in [9.17, 15) is 18.0 Å². The molecule has 284 valence electrons. The monoisotopic (exact) mass is 753 g/mol. The van der Waals surface area contributed by atoms with E-state index < -0.39 is 26.8 Å². The van der Waals surface area contributed by atoms with Crippen molar-refractivity contribution in [2.45, 2.75) is 88.9 Å². The molecule has 52 heavy (non-hydrogen) atoms. The molecule has 8 atom stereocenters. The molecule has 1 spiro atoms. The van der Waals surface area contributed by atoms with Crippen molar-refractivity contribution in [3.05, 3.63) is 70.3 Å². The van der Waals surface area contributed by atoms with Gasteiger partial charge in [0.15, 0.2) is 6.29 Å². The Morgan fingerprint density at radius 1 is 1.06 bits per heavy atom. The third-order valence-electron chi connectivity index (χ3n) is 12.5. The highest BCUT2D eigenvalue weighted by Crippen LogP contribution is 2.48. The summed E-state index contributed by atoms with van der Waals surface area (Å²) in [6.07, 6.45) is 11.1. The predicted octanol–water partition coefficient (Wildman–Crippen LogP) is 6.72.